The number of hydrogen-bond donors (Lipinski definition) is 0. The lowest BCUT2D eigenvalue weighted by atomic mass is 9.95. The first kappa shape index (κ1) is 23.7. The SMILES string of the molecule is CCOC(=O)C1=C(C)N=c2s/c(=C\c3ccc(OC(C)C)cc3)c(=O)n2C1c1ccc(C)cc1. The van der Waals surface area contributed by atoms with E-state index in [4.69, 9.17) is 9.47 Å². The maximum Gasteiger partial charge on any atom is 0.338 e. The molecule has 6 nitrogen and oxygen atoms in total. The summed E-state index contributed by atoms with van der Waals surface area (Å²) >= 11 is 1.31. The molecule has 2 aromatic carbocycles. The Labute approximate surface area is 202 Å². The summed E-state index contributed by atoms with van der Waals surface area (Å²) in [6, 6.07) is 14.9. The van der Waals surface area contributed by atoms with E-state index in [1.807, 2.05) is 75.4 Å². The highest BCUT2D eigenvalue weighted by molar-refractivity contribution is 7.07. The molecule has 0 amide bonds. The molecule has 1 aliphatic rings. The second kappa shape index (κ2) is 9.81. The van der Waals surface area contributed by atoms with Gasteiger partial charge in [-0.3, -0.25) is 9.36 Å². The lowest BCUT2D eigenvalue weighted by Crippen LogP contribution is -2.39. The molecule has 1 aliphatic heterocycles. The quantitative estimate of drug-likeness (QED) is 0.506. The summed E-state index contributed by atoms with van der Waals surface area (Å²) in [4.78, 5) is 31.7. The van der Waals surface area contributed by atoms with E-state index in [1.165, 1.54) is 11.3 Å². The van der Waals surface area contributed by atoms with Crippen molar-refractivity contribution in [1.82, 2.24) is 4.57 Å². The lowest BCUT2D eigenvalue weighted by molar-refractivity contribution is -0.139. The summed E-state index contributed by atoms with van der Waals surface area (Å²) < 4.78 is 13.2. The molecule has 176 valence electrons. The maximum absolute atomic E-state index is 13.6. The predicted octanol–water partition coefficient (Wildman–Crippen LogP) is 3.89. The molecule has 3 aromatic rings. The molecule has 0 radical (unpaired) electrons. The van der Waals surface area contributed by atoms with E-state index in [1.54, 1.807) is 18.4 Å². The normalized spacial score (nSPS) is 15.8. The van der Waals surface area contributed by atoms with Crippen molar-refractivity contribution in [3.8, 4) is 5.75 Å². The van der Waals surface area contributed by atoms with Crippen LogP contribution in [0.5, 0.6) is 5.75 Å². The molecule has 0 N–H and O–H groups in total. The van der Waals surface area contributed by atoms with Crippen LogP contribution in [0.2, 0.25) is 0 Å². The predicted molar refractivity (Wildman–Crippen MR) is 134 cm³/mol. The van der Waals surface area contributed by atoms with Crippen LogP contribution in [0.3, 0.4) is 0 Å². The van der Waals surface area contributed by atoms with Crippen molar-refractivity contribution in [3.05, 3.63) is 96.2 Å². The number of carbonyl (C=O) groups is 1. The van der Waals surface area contributed by atoms with E-state index in [0.29, 0.717) is 20.6 Å². The highest BCUT2D eigenvalue weighted by Crippen LogP contribution is 2.30. The first-order valence-corrected chi connectivity index (χ1v) is 12.1. The average molecular weight is 477 g/mol. The first-order valence-electron chi connectivity index (χ1n) is 11.3. The summed E-state index contributed by atoms with van der Waals surface area (Å²) in [5, 5.41) is 0. The number of ether oxygens (including phenoxy) is 2. The van der Waals surface area contributed by atoms with Crippen LogP contribution < -0.4 is 19.6 Å². The van der Waals surface area contributed by atoms with Crippen molar-refractivity contribution in [1.29, 1.82) is 0 Å². The summed E-state index contributed by atoms with van der Waals surface area (Å²) in [7, 11) is 0. The third-order valence-corrected chi connectivity index (χ3v) is 6.44. The van der Waals surface area contributed by atoms with Gasteiger partial charge in [-0.1, -0.05) is 53.3 Å². The minimum Gasteiger partial charge on any atom is -0.491 e. The molecule has 0 aliphatic carbocycles. The fraction of sp³-hybridized carbons (Fsp3) is 0.296. The minimum atomic E-state index is -0.597. The number of thiazole rings is 1. The second-order valence-electron chi connectivity index (χ2n) is 8.45. The molecule has 2 heterocycles. The molecule has 1 unspecified atom stereocenters. The van der Waals surface area contributed by atoms with Crippen LogP contribution in [-0.4, -0.2) is 23.2 Å². The Kier molecular flexibility index (Phi) is 6.84. The second-order valence-corrected chi connectivity index (χ2v) is 9.46. The Morgan fingerprint density at radius 2 is 1.79 bits per heavy atom. The molecule has 34 heavy (non-hydrogen) atoms. The topological polar surface area (TPSA) is 69.9 Å². The molecular formula is C27H28N2O4S. The van der Waals surface area contributed by atoms with Gasteiger partial charge in [-0.05, 0) is 64.0 Å². The highest BCUT2D eigenvalue weighted by Gasteiger charge is 2.33. The molecule has 0 fully saturated rings. The van der Waals surface area contributed by atoms with E-state index >= 15 is 0 Å². The zero-order valence-corrected chi connectivity index (χ0v) is 20.8. The van der Waals surface area contributed by atoms with Gasteiger partial charge in [0.1, 0.15) is 5.75 Å². The van der Waals surface area contributed by atoms with Crippen molar-refractivity contribution in [2.45, 2.75) is 46.8 Å². The highest BCUT2D eigenvalue weighted by atomic mass is 32.1. The van der Waals surface area contributed by atoms with Crippen molar-refractivity contribution in [3.63, 3.8) is 0 Å². The van der Waals surface area contributed by atoms with E-state index in [9.17, 15) is 9.59 Å². The Hall–Kier alpha value is -3.45. The molecule has 0 saturated carbocycles. The van der Waals surface area contributed by atoms with Crippen LogP contribution in [0.1, 0.15) is 50.4 Å². The molecule has 0 bridgehead atoms. The van der Waals surface area contributed by atoms with Gasteiger partial charge in [-0.15, -0.1) is 0 Å². The number of esters is 1. The Balaban J connectivity index is 1.85. The number of hydrogen-bond acceptors (Lipinski definition) is 6. The first-order chi connectivity index (χ1) is 16.3. The Bertz CT molecular complexity index is 1410. The van der Waals surface area contributed by atoms with Gasteiger partial charge in [0.25, 0.3) is 5.56 Å². The third-order valence-electron chi connectivity index (χ3n) is 5.46. The third kappa shape index (κ3) is 4.75. The van der Waals surface area contributed by atoms with Gasteiger partial charge in [-0.2, -0.15) is 0 Å². The van der Waals surface area contributed by atoms with Crippen LogP contribution in [0, 0.1) is 6.92 Å². The Morgan fingerprint density at radius 1 is 1.12 bits per heavy atom. The van der Waals surface area contributed by atoms with E-state index in [2.05, 4.69) is 4.99 Å². The number of aromatic nitrogens is 1. The van der Waals surface area contributed by atoms with Gasteiger partial charge < -0.3 is 9.47 Å². The minimum absolute atomic E-state index is 0.0909. The number of benzene rings is 2. The molecule has 1 aromatic heterocycles. The van der Waals surface area contributed by atoms with Crippen LogP contribution >= 0.6 is 11.3 Å². The number of rotatable bonds is 6. The summed E-state index contributed by atoms with van der Waals surface area (Å²) in [5.41, 5.74) is 3.58. The number of fused-ring (bicyclic) bond motifs is 1. The van der Waals surface area contributed by atoms with E-state index in [0.717, 1.165) is 22.4 Å². The van der Waals surface area contributed by atoms with E-state index < -0.39 is 12.0 Å². The fourth-order valence-corrected chi connectivity index (χ4v) is 4.97. The zero-order chi connectivity index (χ0) is 24.4. The lowest BCUT2D eigenvalue weighted by Gasteiger charge is -2.24. The molecule has 0 spiro atoms. The summed E-state index contributed by atoms with van der Waals surface area (Å²) in [6.07, 6.45) is 1.94. The molecular weight excluding hydrogens is 448 g/mol. The number of allylic oxidation sites excluding steroid dienone is 1. The van der Waals surface area contributed by atoms with Gasteiger partial charge in [-0.25, -0.2) is 9.79 Å². The van der Waals surface area contributed by atoms with Gasteiger partial charge in [0.2, 0.25) is 0 Å². The number of carbonyl (C=O) groups excluding carboxylic acids is 1. The van der Waals surface area contributed by atoms with Crippen LogP contribution in [-0.2, 0) is 9.53 Å². The van der Waals surface area contributed by atoms with Crippen molar-refractivity contribution in [2.24, 2.45) is 4.99 Å². The Morgan fingerprint density at radius 3 is 2.41 bits per heavy atom. The largest absolute Gasteiger partial charge is 0.491 e. The van der Waals surface area contributed by atoms with E-state index in [-0.39, 0.29) is 18.3 Å². The van der Waals surface area contributed by atoms with Crippen LogP contribution in [0.15, 0.2) is 69.6 Å². The fourth-order valence-electron chi connectivity index (χ4n) is 3.92. The van der Waals surface area contributed by atoms with Gasteiger partial charge >= 0.3 is 5.97 Å². The number of nitrogens with zero attached hydrogens (tertiary/aromatic N) is 2. The molecule has 0 saturated heterocycles. The monoisotopic (exact) mass is 476 g/mol. The zero-order valence-electron chi connectivity index (χ0n) is 20.0. The molecule has 7 heteroatoms. The molecule has 4 rings (SSSR count). The van der Waals surface area contributed by atoms with Crippen molar-refractivity contribution in [2.75, 3.05) is 6.61 Å². The maximum atomic E-state index is 13.6. The van der Waals surface area contributed by atoms with Gasteiger partial charge in [0, 0.05) is 0 Å². The van der Waals surface area contributed by atoms with Crippen molar-refractivity contribution >= 4 is 23.4 Å². The standard InChI is InChI=1S/C27H28N2O4S/c1-6-32-26(31)23-18(5)28-27-29(24(23)20-11-7-17(4)8-12-20)25(30)22(34-27)15-19-9-13-21(14-10-19)33-16(2)3/h7-16,24H,6H2,1-5H3/b22-15-. The van der Waals surface area contributed by atoms with Gasteiger partial charge in [0.05, 0.1) is 34.6 Å². The smallest absolute Gasteiger partial charge is 0.338 e. The van der Waals surface area contributed by atoms with Crippen molar-refractivity contribution < 1.29 is 14.3 Å². The summed E-state index contributed by atoms with van der Waals surface area (Å²) in [5.74, 6) is 0.326. The van der Waals surface area contributed by atoms with Crippen LogP contribution in [0.25, 0.3) is 6.08 Å². The average Bonchev–Trinajstić information content (AvgIpc) is 3.09. The number of aryl methyl sites for hydroxylation is 1. The van der Waals surface area contributed by atoms with Crippen LogP contribution in [0.4, 0.5) is 0 Å². The molecule has 1 atom stereocenters. The van der Waals surface area contributed by atoms with Gasteiger partial charge in [0.15, 0.2) is 4.80 Å². The summed E-state index contributed by atoms with van der Waals surface area (Å²) in [6.45, 7) is 9.76.